The van der Waals surface area contributed by atoms with Gasteiger partial charge in [0.1, 0.15) is 6.10 Å². The maximum absolute atomic E-state index is 11.8. The normalized spacial score (nSPS) is 22.2. The van der Waals surface area contributed by atoms with Crippen molar-refractivity contribution in [1.82, 2.24) is 10.2 Å². The molecular formula is C13H18N2O3S. The number of ether oxygens (including phenoxy) is 1. The molecule has 0 radical (unpaired) electrons. The van der Waals surface area contributed by atoms with E-state index in [4.69, 9.17) is 4.74 Å². The summed E-state index contributed by atoms with van der Waals surface area (Å²) in [5.41, 5.74) is 0.670. The van der Waals surface area contributed by atoms with Gasteiger partial charge in [-0.3, -0.25) is 9.59 Å². The van der Waals surface area contributed by atoms with Crippen molar-refractivity contribution in [2.24, 2.45) is 0 Å². The molecule has 0 aromatic carbocycles. The van der Waals surface area contributed by atoms with Crippen LogP contribution in [0.4, 0.5) is 0 Å². The number of thiophene rings is 1. The molecule has 2 rings (SSSR count). The van der Waals surface area contributed by atoms with E-state index < -0.39 is 0 Å². The Kier molecular flexibility index (Phi) is 4.55. The first-order valence-corrected chi connectivity index (χ1v) is 7.19. The molecule has 0 unspecified atom stereocenters. The van der Waals surface area contributed by atoms with Crippen LogP contribution in [-0.4, -0.2) is 49.6 Å². The van der Waals surface area contributed by atoms with E-state index in [1.807, 2.05) is 10.8 Å². The molecule has 6 heteroatoms. The van der Waals surface area contributed by atoms with Crippen molar-refractivity contribution in [3.8, 4) is 0 Å². The van der Waals surface area contributed by atoms with Crippen LogP contribution in [0, 0.1) is 0 Å². The van der Waals surface area contributed by atoms with Crippen molar-refractivity contribution in [3.05, 3.63) is 22.4 Å². The SMILES string of the molecule is CN(C)C(=O)[C@@H]1CC[C@H](CNC(=O)c2ccsc2)O1. The zero-order chi connectivity index (χ0) is 13.8. The van der Waals surface area contributed by atoms with Crippen molar-refractivity contribution in [3.63, 3.8) is 0 Å². The Hall–Kier alpha value is -1.40. The summed E-state index contributed by atoms with van der Waals surface area (Å²) < 4.78 is 5.65. The van der Waals surface area contributed by atoms with Gasteiger partial charge in [-0.2, -0.15) is 11.3 Å². The average molecular weight is 282 g/mol. The highest BCUT2D eigenvalue weighted by Crippen LogP contribution is 2.20. The molecule has 1 saturated heterocycles. The summed E-state index contributed by atoms with van der Waals surface area (Å²) in [5.74, 6) is -0.0982. The van der Waals surface area contributed by atoms with E-state index in [1.54, 1.807) is 20.2 Å². The third-order valence-corrected chi connectivity index (χ3v) is 3.78. The first-order valence-electron chi connectivity index (χ1n) is 6.25. The lowest BCUT2D eigenvalue weighted by Gasteiger charge is -2.17. The van der Waals surface area contributed by atoms with Gasteiger partial charge in [-0.1, -0.05) is 0 Å². The Morgan fingerprint density at radius 1 is 1.47 bits per heavy atom. The van der Waals surface area contributed by atoms with Gasteiger partial charge in [0, 0.05) is 31.6 Å². The molecule has 0 aliphatic carbocycles. The largest absolute Gasteiger partial charge is 0.363 e. The monoisotopic (exact) mass is 282 g/mol. The number of carbonyl (C=O) groups excluding carboxylic acids is 2. The number of likely N-dealkylation sites (N-methyl/N-ethyl adjacent to an activating group) is 1. The van der Waals surface area contributed by atoms with Crippen molar-refractivity contribution < 1.29 is 14.3 Å². The van der Waals surface area contributed by atoms with E-state index in [-0.39, 0.29) is 24.0 Å². The van der Waals surface area contributed by atoms with Gasteiger partial charge in [0.15, 0.2) is 0 Å². The lowest BCUT2D eigenvalue weighted by molar-refractivity contribution is -0.140. The molecule has 19 heavy (non-hydrogen) atoms. The van der Waals surface area contributed by atoms with Crippen LogP contribution in [0.5, 0.6) is 0 Å². The second kappa shape index (κ2) is 6.16. The minimum Gasteiger partial charge on any atom is -0.363 e. The molecule has 1 aliphatic heterocycles. The number of carbonyl (C=O) groups is 2. The van der Waals surface area contributed by atoms with Crippen LogP contribution in [0.3, 0.4) is 0 Å². The van der Waals surface area contributed by atoms with E-state index in [1.165, 1.54) is 16.2 Å². The maximum Gasteiger partial charge on any atom is 0.252 e. The molecule has 2 atom stereocenters. The van der Waals surface area contributed by atoms with Crippen molar-refractivity contribution in [2.45, 2.75) is 25.0 Å². The van der Waals surface area contributed by atoms with Crippen LogP contribution in [0.25, 0.3) is 0 Å². The standard InChI is InChI=1S/C13H18N2O3S/c1-15(2)13(17)11-4-3-10(18-11)7-14-12(16)9-5-6-19-8-9/h5-6,8,10-11H,3-4,7H2,1-2H3,(H,14,16)/t10-,11+/m1/s1. The second-order valence-electron chi connectivity index (χ2n) is 4.78. The van der Waals surface area contributed by atoms with E-state index in [0.29, 0.717) is 12.1 Å². The molecule has 1 fully saturated rings. The number of hydrogen-bond donors (Lipinski definition) is 1. The molecule has 1 aromatic heterocycles. The predicted molar refractivity (Wildman–Crippen MR) is 73.2 cm³/mol. The summed E-state index contributed by atoms with van der Waals surface area (Å²) in [6.07, 6.45) is 1.08. The topological polar surface area (TPSA) is 58.6 Å². The van der Waals surface area contributed by atoms with Crippen molar-refractivity contribution in [2.75, 3.05) is 20.6 Å². The van der Waals surface area contributed by atoms with Crippen LogP contribution in [0.15, 0.2) is 16.8 Å². The third kappa shape index (κ3) is 3.54. The zero-order valence-electron chi connectivity index (χ0n) is 11.1. The fourth-order valence-electron chi connectivity index (χ4n) is 2.03. The molecular weight excluding hydrogens is 264 g/mol. The number of nitrogens with one attached hydrogen (secondary N) is 1. The van der Waals surface area contributed by atoms with Crippen molar-refractivity contribution in [1.29, 1.82) is 0 Å². The molecule has 1 N–H and O–H groups in total. The van der Waals surface area contributed by atoms with Gasteiger partial charge >= 0.3 is 0 Å². The number of hydrogen-bond acceptors (Lipinski definition) is 4. The average Bonchev–Trinajstić information content (AvgIpc) is 3.06. The van der Waals surface area contributed by atoms with Gasteiger partial charge in [0.2, 0.25) is 0 Å². The van der Waals surface area contributed by atoms with Gasteiger partial charge in [-0.05, 0) is 24.3 Å². The first kappa shape index (κ1) is 14.0. The Balaban J connectivity index is 1.77. The highest BCUT2D eigenvalue weighted by molar-refractivity contribution is 7.08. The van der Waals surface area contributed by atoms with Crippen LogP contribution in [0.2, 0.25) is 0 Å². The maximum atomic E-state index is 11.8. The molecule has 0 saturated carbocycles. The first-order chi connectivity index (χ1) is 9.08. The number of amides is 2. The fourth-order valence-corrected chi connectivity index (χ4v) is 2.66. The Labute approximate surface area is 116 Å². The summed E-state index contributed by atoms with van der Waals surface area (Å²) in [5, 5.41) is 6.51. The Morgan fingerprint density at radius 3 is 2.89 bits per heavy atom. The van der Waals surface area contributed by atoms with E-state index >= 15 is 0 Å². The quantitative estimate of drug-likeness (QED) is 0.900. The zero-order valence-corrected chi connectivity index (χ0v) is 11.9. The summed E-state index contributed by atoms with van der Waals surface area (Å²) in [4.78, 5) is 25.0. The fraction of sp³-hybridized carbons (Fsp3) is 0.538. The summed E-state index contributed by atoms with van der Waals surface area (Å²) in [6, 6.07) is 1.79. The Bertz CT molecular complexity index is 445. The van der Waals surface area contributed by atoms with Crippen LogP contribution < -0.4 is 5.32 Å². The van der Waals surface area contributed by atoms with E-state index in [9.17, 15) is 9.59 Å². The summed E-state index contributed by atoms with van der Waals surface area (Å²) in [7, 11) is 3.44. The lowest BCUT2D eigenvalue weighted by Crippen LogP contribution is -2.36. The van der Waals surface area contributed by atoms with Crippen LogP contribution in [-0.2, 0) is 9.53 Å². The number of rotatable bonds is 4. The smallest absolute Gasteiger partial charge is 0.252 e. The third-order valence-electron chi connectivity index (χ3n) is 3.10. The lowest BCUT2D eigenvalue weighted by atomic mass is 10.2. The summed E-state index contributed by atoms with van der Waals surface area (Å²) in [6.45, 7) is 0.450. The molecule has 2 amide bonds. The van der Waals surface area contributed by atoms with Gasteiger partial charge in [0.05, 0.1) is 6.10 Å². The minimum atomic E-state index is -0.363. The van der Waals surface area contributed by atoms with Gasteiger partial charge in [-0.15, -0.1) is 0 Å². The van der Waals surface area contributed by atoms with Crippen LogP contribution >= 0.6 is 11.3 Å². The molecule has 5 nitrogen and oxygen atoms in total. The highest BCUT2D eigenvalue weighted by Gasteiger charge is 2.31. The molecule has 104 valence electrons. The predicted octanol–water partition coefficient (Wildman–Crippen LogP) is 1.11. The number of nitrogens with zero attached hydrogens (tertiary/aromatic N) is 1. The molecule has 1 aliphatic rings. The second-order valence-corrected chi connectivity index (χ2v) is 5.56. The Morgan fingerprint density at radius 2 is 2.26 bits per heavy atom. The van der Waals surface area contributed by atoms with Crippen molar-refractivity contribution >= 4 is 23.2 Å². The van der Waals surface area contributed by atoms with Gasteiger partial charge in [-0.25, -0.2) is 0 Å². The van der Waals surface area contributed by atoms with Gasteiger partial charge in [0.25, 0.3) is 11.8 Å². The minimum absolute atomic E-state index is 0.00772. The molecule has 1 aromatic rings. The van der Waals surface area contributed by atoms with Crippen LogP contribution in [0.1, 0.15) is 23.2 Å². The highest BCUT2D eigenvalue weighted by atomic mass is 32.1. The molecule has 0 spiro atoms. The molecule has 0 bridgehead atoms. The molecule has 2 heterocycles. The van der Waals surface area contributed by atoms with E-state index in [2.05, 4.69) is 5.32 Å². The summed E-state index contributed by atoms with van der Waals surface area (Å²) >= 11 is 1.49. The van der Waals surface area contributed by atoms with E-state index in [0.717, 1.165) is 12.8 Å². The van der Waals surface area contributed by atoms with Gasteiger partial charge < -0.3 is 15.0 Å².